The average molecular weight is 264 g/mol. The Morgan fingerprint density at radius 2 is 2.11 bits per heavy atom. The zero-order valence-corrected chi connectivity index (χ0v) is 11.5. The Morgan fingerprint density at radius 3 is 2.74 bits per heavy atom. The van der Waals surface area contributed by atoms with Crippen molar-refractivity contribution in [2.24, 2.45) is 0 Å². The SMILES string of the molecule is CCOC(=O)C(C)NCC(=O)Nc1cccc(C)c1. The lowest BCUT2D eigenvalue weighted by atomic mass is 10.2. The number of benzene rings is 1. The van der Waals surface area contributed by atoms with E-state index in [1.54, 1.807) is 13.8 Å². The Bertz CT molecular complexity index is 446. The highest BCUT2D eigenvalue weighted by Crippen LogP contribution is 2.08. The topological polar surface area (TPSA) is 67.4 Å². The van der Waals surface area contributed by atoms with Crippen LogP contribution in [0.2, 0.25) is 0 Å². The second-order valence-electron chi connectivity index (χ2n) is 4.27. The molecule has 1 amide bonds. The number of carbonyl (C=O) groups is 2. The second-order valence-corrected chi connectivity index (χ2v) is 4.27. The summed E-state index contributed by atoms with van der Waals surface area (Å²) >= 11 is 0. The van der Waals surface area contributed by atoms with Crippen LogP contribution in [0.5, 0.6) is 0 Å². The maximum absolute atomic E-state index is 11.7. The highest BCUT2D eigenvalue weighted by Gasteiger charge is 2.14. The fraction of sp³-hybridized carbons (Fsp3) is 0.429. The molecule has 1 unspecified atom stereocenters. The van der Waals surface area contributed by atoms with Crippen LogP contribution in [-0.2, 0) is 14.3 Å². The summed E-state index contributed by atoms with van der Waals surface area (Å²) in [6.45, 7) is 5.76. The summed E-state index contributed by atoms with van der Waals surface area (Å²) in [5, 5.41) is 5.57. The standard InChI is InChI=1S/C14H20N2O3/c1-4-19-14(18)11(3)15-9-13(17)16-12-7-5-6-10(2)8-12/h5-8,11,15H,4,9H2,1-3H3,(H,16,17). The van der Waals surface area contributed by atoms with Gasteiger partial charge >= 0.3 is 5.97 Å². The molecule has 0 aromatic heterocycles. The molecule has 0 radical (unpaired) electrons. The van der Waals surface area contributed by atoms with E-state index in [2.05, 4.69) is 10.6 Å². The van der Waals surface area contributed by atoms with Gasteiger partial charge in [0.05, 0.1) is 13.2 Å². The normalized spacial score (nSPS) is 11.7. The molecule has 5 nitrogen and oxygen atoms in total. The lowest BCUT2D eigenvalue weighted by Gasteiger charge is -2.12. The molecule has 0 spiro atoms. The number of hydrogen-bond donors (Lipinski definition) is 2. The second kappa shape index (κ2) is 7.53. The molecular formula is C14H20N2O3. The fourth-order valence-corrected chi connectivity index (χ4v) is 1.52. The van der Waals surface area contributed by atoms with Gasteiger partial charge in [-0.1, -0.05) is 12.1 Å². The number of aryl methyl sites for hydroxylation is 1. The highest BCUT2D eigenvalue weighted by molar-refractivity contribution is 5.92. The van der Waals surface area contributed by atoms with E-state index in [-0.39, 0.29) is 18.4 Å². The third kappa shape index (κ3) is 5.52. The number of amides is 1. The van der Waals surface area contributed by atoms with E-state index in [1.807, 2.05) is 31.2 Å². The van der Waals surface area contributed by atoms with Crippen molar-refractivity contribution in [3.05, 3.63) is 29.8 Å². The minimum absolute atomic E-state index is 0.0634. The molecule has 0 aliphatic carbocycles. The molecule has 104 valence electrons. The molecule has 5 heteroatoms. The lowest BCUT2D eigenvalue weighted by molar-refractivity contribution is -0.145. The number of ether oxygens (including phenoxy) is 1. The number of anilines is 1. The minimum atomic E-state index is -0.497. The molecular weight excluding hydrogens is 244 g/mol. The molecule has 0 heterocycles. The van der Waals surface area contributed by atoms with Crippen molar-refractivity contribution < 1.29 is 14.3 Å². The smallest absolute Gasteiger partial charge is 0.322 e. The van der Waals surface area contributed by atoms with E-state index in [4.69, 9.17) is 4.74 Å². The monoisotopic (exact) mass is 264 g/mol. The average Bonchev–Trinajstić information content (AvgIpc) is 2.36. The van der Waals surface area contributed by atoms with Crippen LogP contribution < -0.4 is 10.6 Å². The summed E-state index contributed by atoms with van der Waals surface area (Å²) in [6, 6.07) is 7.03. The first-order chi connectivity index (χ1) is 9.02. The van der Waals surface area contributed by atoms with Crippen molar-refractivity contribution in [3.63, 3.8) is 0 Å². The molecule has 0 saturated heterocycles. The third-order valence-corrected chi connectivity index (χ3v) is 2.51. The van der Waals surface area contributed by atoms with Gasteiger partial charge in [0.15, 0.2) is 0 Å². The van der Waals surface area contributed by atoms with Crippen molar-refractivity contribution in [1.29, 1.82) is 0 Å². The maximum atomic E-state index is 11.7. The molecule has 19 heavy (non-hydrogen) atoms. The van der Waals surface area contributed by atoms with E-state index in [1.165, 1.54) is 0 Å². The van der Waals surface area contributed by atoms with E-state index >= 15 is 0 Å². The van der Waals surface area contributed by atoms with Crippen molar-refractivity contribution in [2.45, 2.75) is 26.8 Å². The lowest BCUT2D eigenvalue weighted by Crippen LogP contribution is -2.40. The van der Waals surface area contributed by atoms with Crippen molar-refractivity contribution in [3.8, 4) is 0 Å². The van der Waals surface area contributed by atoms with Gasteiger partial charge in [0.25, 0.3) is 0 Å². The number of carbonyl (C=O) groups excluding carboxylic acids is 2. The Hall–Kier alpha value is -1.88. The van der Waals surface area contributed by atoms with Crippen LogP contribution in [0, 0.1) is 6.92 Å². The number of nitrogens with one attached hydrogen (secondary N) is 2. The summed E-state index contributed by atoms with van der Waals surface area (Å²) in [4.78, 5) is 23.0. The molecule has 1 rings (SSSR count). The molecule has 0 fully saturated rings. The largest absolute Gasteiger partial charge is 0.465 e. The van der Waals surface area contributed by atoms with Gasteiger partial charge in [0, 0.05) is 5.69 Å². The zero-order chi connectivity index (χ0) is 14.3. The molecule has 0 saturated carbocycles. The Morgan fingerprint density at radius 1 is 1.37 bits per heavy atom. The fourth-order valence-electron chi connectivity index (χ4n) is 1.52. The number of esters is 1. The zero-order valence-electron chi connectivity index (χ0n) is 11.5. The molecule has 0 aliphatic rings. The minimum Gasteiger partial charge on any atom is -0.465 e. The summed E-state index contributed by atoms with van der Waals surface area (Å²) in [7, 11) is 0. The van der Waals surface area contributed by atoms with E-state index < -0.39 is 6.04 Å². The predicted molar refractivity (Wildman–Crippen MR) is 73.9 cm³/mol. The van der Waals surface area contributed by atoms with E-state index in [9.17, 15) is 9.59 Å². The molecule has 0 aliphatic heterocycles. The van der Waals surface area contributed by atoms with Crippen LogP contribution >= 0.6 is 0 Å². The van der Waals surface area contributed by atoms with Gasteiger partial charge in [-0.2, -0.15) is 0 Å². The van der Waals surface area contributed by atoms with Crippen molar-refractivity contribution in [1.82, 2.24) is 5.32 Å². The number of hydrogen-bond acceptors (Lipinski definition) is 4. The van der Waals surface area contributed by atoms with Gasteiger partial charge < -0.3 is 10.1 Å². The summed E-state index contributed by atoms with van der Waals surface area (Å²) in [5.74, 6) is -0.549. The number of rotatable bonds is 6. The summed E-state index contributed by atoms with van der Waals surface area (Å²) in [6.07, 6.45) is 0. The first kappa shape index (κ1) is 15.2. The van der Waals surface area contributed by atoms with Crippen LogP contribution in [0.4, 0.5) is 5.69 Å². The van der Waals surface area contributed by atoms with Crippen LogP contribution in [-0.4, -0.2) is 31.1 Å². The van der Waals surface area contributed by atoms with Crippen LogP contribution in [0.1, 0.15) is 19.4 Å². The van der Waals surface area contributed by atoms with Crippen LogP contribution in [0.15, 0.2) is 24.3 Å². The van der Waals surface area contributed by atoms with Gasteiger partial charge in [-0.05, 0) is 38.5 Å². The highest BCUT2D eigenvalue weighted by atomic mass is 16.5. The Labute approximate surface area is 113 Å². The Kier molecular flexibility index (Phi) is 6.02. The first-order valence-electron chi connectivity index (χ1n) is 6.29. The Balaban J connectivity index is 2.38. The molecule has 1 atom stereocenters. The maximum Gasteiger partial charge on any atom is 0.322 e. The first-order valence-corrected chi connectivity index (χ1v) is 6.29. The summed E-state index contributed by atoms with van der Waals surface area (Å²) < 4.78 is 4.84. The van der Waals surface area contributed by atoms with Gasteiger partial charge in [-0.3, -0.25) is 14.9 Å². The van der Waals surface area contributed by atoms with Gasteiger partial charge in [-0.25, -0.2) is 0 Å². The van der Waals surface area contributed by atoms with Crippen LogP contribution in [0.3, 0.4) is 0 Å². The quantitative estimate of drug-likeness (QED) is 0.764. The van der Waals surface area contributed by atoms with Gasteiger partial charge in [-0.15, -0.1) is 0 Å². The van der Waals surface area contributed by atoms with Crippen molar-refractivity contribution >= 4 is 17.6 Å². The van der Waals surface area contributed by atoms with Crippen molar-refractivity contribution in [2.75, 3.05) is 18.5 Å². The molecule has 1 aromatic carbocycles. The van der Waals surface area contributed by atoms with E-state index in [0.29, 0.717) is 6.61 Å². The molecule has 0 bridgehead atoms. The molecule has 2 N–H and O–H groups in total. The summed E-state index contributed by atoms with van der Waals surface area (Å²) in [5.41, 5.74) is 1.82. The third-order valence-electron chi connectivity index (χ3n) is 2.51. The predicted octanol–water partition coefficient (Wildman–Crippen LogP) is 1.47. The van der Waals surface area contributed by atoms with Crippen LogP contribution in [0.25, 0.3) is 0 Å². The van der Waals surface area contributed by atoms with E-state index in [0.717, 1.165) is 11.3 Å². The van der Waals surface area contributed by atoms with Gasteiger partial charge in [0.2, 0.25) is 5.91 Å². The molecule has 1 aromatic rings. The van der Waals surface area contributed by atoms with Gasteiger partial charge in [0.1, 0.15) is 6.04 Å².